The van der Waals surface area contributed by atoms with Crippen molar-refractivity contribution in [2.75, 3.05) is 13.2 Å². The molecule has 8 heteroatoms. The molecule has 1 aromatic heterocycles. The van der Waals surface area contributed by atoms with Crippen molar-refractivity contribution in [3.63, 3.8) is 0 Å². The minimum Gasteiger partial charge on any atom is -0.506 e. The number of aryl methyl sites for hydroxylation is 1. The number of phenolic OH excluding ortho intramolecular Hbond substituents is 1. The van der Waals surface area contributed by atoms with Crippen molar-refractivity contribution in [1.29, 1.82) is 0 Å². The largest absolute Gasteiger partial charge is 0.506 e. The summed E-state index contributed by atoms with van der Waals surface area (Å²) in [6.45, 7) is 5.39. The van der Waals surface area contributed by atoms with Crippen LogP contribution in [0.15, 0.2) is 66.7 Å². The zero-order valence-corrected chi connectivity index (χ0v) is 18.2. The predicted molar refractivity (Wildman–Crippen MR) is 125 cm³/mol. The van der Waals surface area contributed by atoms with E-state index in [1.54, 1.807) is 25.1 Å². The number of nitrogens with zero attached hydrogens (tertiary/aromatic N) is 3. The second-order valence-corrected chi connectivity index (χ2v) is 7.77. The van der Waals surface area contributed by atoms with Gasteiger partial charge in [0.2, 0.25) is 5.91 Å². The van der Waals surface area contributed by atoms with Crippen LogP contribution >= 0.6 is 0 Å². The number of amides is 1. The standard InChI is InChI=1S/C25H24N4O4/c1-16(2)25(32)33-12-11-26-24(31)10-8-17-7-9-23(30)22(13-17)29-27-20-14-18-5-3-4-6-19(18)15-21(20)28-29/h3-7,9,13-15,30H,1,8,10-12H2,2H3,(H,26,31). The average Bonchev–Trinajstić information content (AvgIpc) is 3.22. The number of aromatic hydroxyl groups is 1. The number of hydrogen-bond acceptors (Lipinski definition) is 6. The Bertz CT molecular complexity index is 1310. The first-order chi connectivity index (χ1) is 15.9. The number of phenols is 1. The molecule has 2 N–H and O–H groups in total. The molecule has 1 amide bonds. The first kappa shape index (κ1) is 22.0. The highest BCUT2D eigenvalue weighted by Gasteiger charge is 2.12. The van der Waals surface area contributed by atoms with Gasteiger partial charge in [-0.25, -0.2) is 4.79 Å². The summed E-state index contributed by atoms with van der Waals surface area (Å²) >= 11 is 0. The Kier molecular flexibility index (Phi) is 6.35. The molecule has 8 nitrogen and oxygen atoms in total. The number of rotatable bonds is 8. The van der Waals surface area contributed by atoms with Crippen molar-refractivity contribution < 1.29 is 19.4 Å². The van der Waals surface area contributed by atoms with Gasteiger partial charge in [-0.2, -0.15) is 0 Å². The molecule has 0 bridgehead atoms. The number of ether oxygens (including phenoxy) is 1. The monoisotopic (exact) mass is 444 g/mol. The van der Waals surface area contributed by atoms with Crippen LogP contribution in [0.3, 0.4) is 0 Å². The Morgan fingerprint density at radius 2 is 1.73 bits per heavy atom. The molecule has 0 atom stereocenters. The van der Waals surface area contributed by atoms with Crippen LogP contribution in [0.2, 0.25) is 0 Å². The van der Waals surface area contributed by atoms with Crippen LogP contribution in [0.4, 0.5) is 0 Å². The van der Waals surface area contributed by atoms with Crippen LogP contribution in [-0.4, -0.2) is 45.1 Å². The number of nitrogens with one attached hydrogen (secondary N) is 1. The first-order valence-electron chi connectivity index (χ1n) is 10.6. The summed E-state index contributed by atoms with van der Waals surface area (Å²) in [5.74, 6) is -0.591. The summed E-state index contributed by atoms with van der Waals surface area (Å²) in [5.41, 5.74) is 3.07. The molecule has 1 heterocycles. The molecule has 0 aliphatic carbocycles. The van der Waals surface area contributed by atoms with Gasteiger partial charge >= 0.3 is 5.97 Å². The molecule has 4 aromatic rings. The lowest BCUT2D eigenvalue weighted by Crippen LogP contribution is -2.28. The van der Waals surface area contributed by atoms with Crippen molar-refractivity contribution in [3.05, 3.63) is 72.3 Å². The van der Waals surface area contributed by atoms with Crippen LogP contribution in [-0.2, 0) is 20.7 Å². The quantitative estimate of drug-likeness (QED) is 0.245. The van der Waals surface area contributed by atoms with E-state index in [-0.39, 0.29) is 31.2 Å². The van der Waals surface area contributed by atoms with Crippen molar-refractivity contribution in [2.24, 2.45) is 0 Å². The molecule has 0 unspecified atom stereocenters. The molecular weight excluding hydrogens is 420 g/mol. The van der Waals surface area contributed by atoms with Gasteiger partial charge < -0.3 is 15.2 Å². The summed E-state index contributed by atoms with van der Waals surface area (Å²) < 4.78 is 4.95. The Morgan fingerprint density at radius 1 is 1.06 bits per heavy atom. The van der Waals surface area contributed by atoms with E-state index in [1.807, 2.05) is 36.4 Å². The molecule has 0 aliphatic rings. The van der Waals surface area contributed by atoms with Gasteiger partial charge in [0.15, 0.2) is 0 Å². The molecule has 0 saturated carbocycles. The van der Waals surface area contributed by atoms with E-state index < -0.39 is 5.97 Å². The summed E-state index contributed by atoms with van der Waals surface area (Å²) in [7, 11) is 0. The van der Waals surface area contributed by atoms with Crippen molar-refractivity contribution >= 4 is 33.7 Å². The van der Waals surface area contributed by atoms with Gasteiger partial charge in [-0.15, -0.1) is 15.0 Å². The number of esters is 1. The molecule has 0 saturated heterocycles. The number of benzene rings is 3. The second kappa shape index (κ2) is 9.52. The fourth-order valence-electron chi connectivity index (χ4n) is 3.40. The van der Waals surface area contributed by atoms with Gasteiger partial charge in [0.25, 0.3) is 0 Å². The lowest BCUT2D eigenvalue weighted by molar-refractivity contribution is -0.139. The Labute approximate surface area is 190 Å². The lowest BCUT2D eigenvalue weighted by Gasteiger charge is -2.08. The fourth-order valence-corrected chi connectivity index (χ4v) is 3.40. The molecule has 168 valence electrons. The second-order valence-electron chi connectivity index (χ2n) is 7.77. The lowest BCUT2D eigenvalue weighted by atomic mass is 10.1. The maximum absolute atomic E-state index is 12.1. The van der Waals surface area contributed by atoms with E-state index in [2.05, 4.69) is 22.1 Å². The van der Waals surface area contributed by atoms with Gasteiger partial charge in [-0.3, -0.25) is 4.79 Å². The van der Waals surface area contributed by atoms with E-state index in [9.17, 15) is 14.7 Å². The maximum Gasteiger partial charge on any atom is 0.333 e. The predicted octanol–water partition coefficient (Wildman–Crippen LogP) is 3.45. The molecule has 4 rings (SSSR count). The normalized spacial score (nSPS) is 10.9. The molecule has 3 aromatic carbocycles. The Morgan fingerprint density at radius 3 is 2.36 bits per heavy atom. The van der Waals surface area contributed by atoms with Gasteiger partial charge in [0.05, 0.1) is 6.54 Å². The molecule has 0 spiro atoms. The molecule has 33 heavy (non-hydrogen) atoms. The summed E-state index contributed by atoms with van der Waals surface area (Å²) in [6.07, 6.45) is 0.716. The zero-order valence-electron chi connectivity index (χ0n) is 18.2. The third-order valence-electron chi connectivity index (χ3n) is 5.15. The smallest absolute Gasteiger partial charge is 0.333 e. The highest BCUT2D eigenvalue weighted by molar-refractivity contribution is 5.94. The average molecular weight is 444 g/mol. The van der Waals surface area contributed by atoms with Crippen molar-refractivity contribution in [3.8, 4) is 11.4 Å². The number of carbonyl (C=O) groups is 2. The summed E-state index contributed by atoms with van der Waals surface area (Å²) in [5, 5.41) is 24.3. The van der Waals surface area contributed by atoms with E-state index in [0.29, 0.717) is 17.7 Å². The fraction of sp³-hybridized carbons (Fsp3) is 0.200. The Balaban J connectivity index is 1.41. The minimum absolute atomic E-state index is 0.0485. The Hall–Kier alpha value is -4.20. The van der Waals surface area contributed by atoms with Crippen LogP contribution < -0.4 is 5.32 Å². The molecule has 0 aliphatic heterocycles. The van der Waals surface area contributed by atoms with Gasteiger partial charge in [-0.1, -0.05) is 36.9 Å². The van der Waals surface area contributed by atoms with Crippen molar-refractivity contribution in [1.82, 2.24) is 20.3 Å². The number of fused-ring (bicyclic) bond motifs is 2. The van der Waals surface area contributed by atoms with Gasteiger partial charge in [-0.05, 0) is 53.9 Å². The van der Waals surface area contributed by atoms with Crippen LogP contribution in [0, 0.1) is 0 Å². The highest BCUT2D eigenvalue weighted by Crippen LogP contribution is 2.25. The summed E-state index contributed by atoms with van der Waals surface area (Å²) in [4.78, 5) is 24.8. The van der Waals surface area contributed by atoms with E-state index in [4.69, 9.17) is 4.74 Å². The molecular formula is C25H24N4O4. The third-order valence-corrected chi connectivity index (χ3v) is 5.15. The van der Waals surface area contributed by atoms with Crippen molar-refractivity contribution in [2.45, 2.75) is 19.8 Å². The first-order valence-corrected chi connectivity index (χ1v) is 10.6. The van der Waals surface area contributed by atoms with Gasteiger partial charge in [0, 0.05) is 12.0 Å². The van der Waals surface area contributed by atoms with E-state index in [0.717, 1.165) is 27.4 Å². The number of aromatic nitrogens is 3. The topological polar surface area (TPSA) is 106 Å². The highest BCUT2D eigenvalue weighted by atomic mass is 16.5. The van der Waals surface area contributed by atoms with Crippen LogP contribution in [0.1, 0.15) is 18.9 Å². The molecule has 0 radical (unpaired) electrons. The maximum atomic E-state index is 12.1. The van der Waals surface area contributed by atoms with Gasteiger partial charge in [0.1, 0.15) is 29.1 Å². The minimum atomic E-state index is -0.478. The number of hydrogen-bond donors (Lipinski definition) is 2. The number of carbonyl (C=O) groups excluding carboxylic acids is 2. The third kappa shape index (κ3) is 5.17. The summed E-state index contributed by atoms with van der Waals surface area (Å²) in [6, 6.07) is 17.0. The molecule has 0 fully saturated rings. The van der Waals surface area contributed by atoms with Crippen LogP contribution in [0.5, 0.6) is 5.75 Å². The SMILES string of the molecule is C=C(C)C(=O)OCCNC(=O)CCc1ccc(O)c(-n2nc3cc4ccccc4cc3n2)c1. The zero-order chi connectivity index (χ0) is 23.4. The van der Waals surface area contributed by atoms with E-state index in [1.165, 1.54) is 4.80 Å². The van der Waals surface area contributed by atoms with Crippen LogP contribution in [0.25, 0.3) is 27.5 Å². The van der Waals surface area contributed by atoms with E-state index >= 15 is 0 Å².